The molecule has 0 radical (unpaired) electrons. The zero-order chi connectivity index (χ0) is 33.8. The third-order valence-electron chi connectivity index (χ3n) is 10.4. The van der Waals surface area contributed by atoms with Crippen LogP contribution >= 0.6 is 0 Å². The normalized spacial score (nSPS) is 12.1. The van der Waals surface area contributed by atoms with Crippen molar-refractivity contribution in [3.63, 3.8) is 0 Å². The molecule has 0 aliphatic heterocycles. The Hall–Kier alpha value is -6.79. The van der Waals surface area contributed by atoms with Crippen molar-refractivity contribution in [2.75, 3.05) is 0 Å². The first kappa shape index (κ1) is 28.1. The van der Waals surface area contributed by atoms with Gasteiger partial charge in [0.15, 0.2) is 0 Å². The van der Waals surface area contributed by atoms with Crippen molar-refractivity contribution in [3.05, 3.63) is 151 Å². The number of pyridine rings is 3. The highest BCUT2D eigenvalue weighted by molar-refractivity contribution is 6.16. The first-order valence-corrected chi connectivity index (χ1v) is 17.2. The van der Waals surface area contributed by atoms with Gasteiger partial charge in [-0.05, 0) is 126 Å². The Morgan fingerprint density at radius 2 is 1.06 bits per heavy atom. The number of hydrogen-bond donors (Lipinski definition) is 0. The van der Waals surface area contributed by atoms with E-state index in [9.17, 15) is 0 Å². The van der Waals surface area contributed by atoms with Crippen molar-refractivity contribution in [2.24, 2.45) is 0 Å². The van der Waals surface area contributed by atoms with E-state index in [4.69, 9.17) is 14.7 Å². The van der Waals surface area contributed by atoms with Crippen molar-refractivity contribution in [3.8, 4) is 22.6 Å². The molecule has 240 valence electrons. The topological polar surface area (TPSA) is 56.7 Å². The van der Waals surface area contributed by atoms with Gasteiger partial charge in [0.1, 0.15) is 22.8 Å². The molecule has 5 heterocycles. The maximum Gasteiger partial charge on any atom is 0.146 e. The van der Waals surface area contributed by atoms with Crippen molar-refractivity contribution < 1.29 is 4.74 Å². The van der Waals surface area contributed by atoms with Crippen molar-refractivity contribution in [2.45, 2.75) is 13.8 Å². The van der Waals surface area contributed by atoms with Crippen molar-refractivity contribution in [1.29, 1.82) is 0 Å². The van der Waals surface area contributed by atoms with Gasteiger partial charge in [-0.15, -0.1) is 0 Å². The highest BCUT2D eigenvalue weighted by atomic mass is 16.5. The van der Waals surface area contributed by atoms with Crippen LogP contribution in [0.4, 0.5) is 0 Å². The molecule has 6 aromatic carbocycles. The van der Waals surface area contributed by atoms with Crippen LogP contribution in [-0.2, 0) is 0 Å². The van der Waals surface area contributed by atoms with E-state index in [0.29, 0.717) is 0 Å². The number of nitrogens with zero attached hydrogens (tertiary/aromatic N) is 5. The Balaban J connectivity index is 1.13. The molecule has 0 amide bonds. The Labute approximate surface area is 291 Å². The summed E-state index contributed by atoms with van der Waals surface area (Å²) in [6.07, 6.45) is 3.78. The molecule has 11 aromatic rings. The zero-order valence-electron chi connectivity index (χ0n) is 27.9. The maximum absolute atomic E-state index is 6.70. The quantitative estimate of drug-likeness (QED) is 0.178. The van der Waals surface area contributed by atoms with Crippen LogP contribution in [0.5, 0.6) is 11.5 Å². The lowest BCUT2D eigenvalue weighted by atomic mass is 9.93. The number of para-hydroxylation sites is 4. The minimum absolute atomic E-state index is 0.738. The average Bonchev–Trinajstić information content (AvgIpc) is 3.75. The number of hydrogen-bond acceptors (Lipinski definition) is 4. The SMILES string of the molecule is Cc1cccc(C)c1-c1ccc2c(c1)c1ccc(Oc3ccc4c5cnccc5n5c6ccccc6nc5c4c3)cc1c1nc3ccccc3n21. The van der Waals surface area contributed by atoms with Gasteiger partial charge in [0.25, 0.3) is 0 Å². The second-order valence-electron chi connectivity index (χ2n) is 13.4. The van der Waals surface area contributed by atoms with E-state index in [0.717, 1.165) is 82.8 Å². The van der Waals surface area contributed by atoms with Gasteiger partial charge in [-0.1, -0.05) is 48.5 Å². The largest absolute Gasteiger partial charge is 0.457 e. The summed E-state index contributed by atoms with van der Waals surface area (Å²) in [7, 11) is 0. The van der Waals surface area contributed by atoms with E-state index in [2.05, 4.69) is 137 Å². The van der Waals surface area contributed by atoms with Crippen molar-refractivity contribution in [1.82, 2.24) is 23.8 Å². The van der Waals surface area contributed by atoms with Crippen LogP contribution in [0, 0.1) is 13.8 Å². The molecular formula is C45H29N5O. The Morgan fingerprint density at radius 3 is 1.71 bits per heavy atom. The summed E-state index contributed by atoms with van der Waals surface area (Å²) in [6, 6.07) is 44.7. The molecule has 0 spiro atoms. The molecule has 6 heteroatoms. The standard InChI is InChI=1S/C45H29N5O/c1-26-8-7-9-27(2)43(26)28-14-19-39-33(22-28)31-17-15-29(23-34(31)44-47-37-10-3-5-12-41(37)49(39)44)51-30-16-18-32-35(24-30)45-48-38-11-4-6-13-42(38)50(45)40-20-21-46-25-36(32)40/h3-25H,1-2H3. The highest BCUT2D eigenvalue weighted by Gasteiger charge is 2.18. The van der Waals surface area contributed by atoms with Crippen LogP contribution in [0.1, 0.15) is 11.1 Å². The zero-order valence-corrected chi connectivity index (χ0v) is 27.9. The third-order valence-corrected chi connectivity index (χ3v) is 10.4. The maximum atomic E-state index is 6.70. The summed E-state index contributed by atoms with van der Waals surface area (Å²) in [6.45, 7) is 4.37. The van der Waals surface area contributed by atoms with Gasteiger partial charge in [0, 0.05) is 33.9 Å². The molecule has 0 bridgehead atoms. The molecule has 11 rings (SSSR count). The van der Waals surface area contributed by atoms with E-state index < -0.39 is 0 Å². The number of imidazole rings is 2. The number of rotatable bonds is 3. The summed E-state index contributed by atoms with van der Waals surface area (Å²) in [5.74, 6) is 1.48. The fourth-order valence-electron chi connectivity index (χ4n) is 8.21. The predicted molar refractivity (Wildman–Crippen MR) is 208 cm³/mol. The molecule has 0 saturated heterocycles. The highest BCUT2D eigenvalue weighted by Crippen LogP contribution is 2.39. The molecule has 0 aliphatic rings. The van der Waals surface area contributed by atoms with Gasteiger partial charge in [-0.2, -0.15) is 0 Å². The monoisotopic (exact) mass is 655 g/mol. The molecule has 0 saturated carbocycles. The summed E-state index contributed by atoms with van der Waals surface area (Å²) in [5, 5.41) is 6.51. The van der Waals surface area contributed by atoms with Crippen LogP contribution < -0.4 is 4.74 Å². The molecular weight excluding hydrogens is 627 g/mol. The van der Waals surface area contributed by atoms with Crippen LogP contribution in [0.25, 0.3) is 87.8 Å². The number of aromatic nitrogens is 5. The fourth-order valence-corrected chi connectivity index (χ4v) is 8.21. The molecule has 0 aliphatic carbocycles. The smallest absolute Gasteiger partial charge is 0.146 e. The van der Waals surface area contributed by atoms with Gasteiger partial charge in [-0.3, -0.25) is 13.8 Å². The fraction of sp³-hybridized carbons (Fsp3) is 0.0444. The lowest BCUT2D eigenvalue weighted by Crippen LogP contribution is -1.95. The van der Waals surface area contributed by atoms with E-state index in [1.54, 1.807) is 0 Å². The second kappa shape index (κ2) is 10.4. The lowest BCUT2D eigenvalue weighted by Gasteiger charge is -2.15. The van der Waals surface area contributed by atoms with Gasteiger partial charge in [0.2, 0.25) is 0 Å². The van der Waals surface area contributed by atoms with E-state index in [1.807, 2.05) is 30.6 Å². The first-order chi connectivity index (χ1) is 25.1. The number of fused-ring (bicyclic) bond motifs is 16. The van der Waals surface area contributed by atoms with Crippen LogP contribution in [0.15, 0.2) is 140 Å². The summed E-state index contributed by atoms with van der Waals surface area (Å²) in [4.78, 5) is 14.7. The van der Waals surface area contributed by atoms with E-state index in [-0.39, 0.29) is 0 Å². The van der Waals surface area contributed by atoms with Crippen molar-refractivity contribution >= 4 is 76.7 Å². The molecule has 6 nitrogen and oxygen atoms in total. The Kier molecular flexibility index (Phi) is 5.71. The summed E-state index contributed by atoms with van der Waals surface area (Å²) in [5.41, 5.74) is 13.1. The second-order valence-corrected chi connectivity index (χ2v) is 13.4. The molecule has 51 heavy (non-hydrogen) atoms. The van der Waals surface area contributed by atoms with Crippen LogP contribution in [0.3, 0.4) is 0 Å². The average molecular weight is 656 g/mol. The number of aryl methyl sites for hydroxylation is 2. The minimum atomic E-state index is 0.738. The minimum Gasteiger partial charge on any atom is -0.457 e. The summed E-state index contributed by atoms with van der Waals surface area (Å²) < 4.78 is 11.2. The molecule has 0 atom stereocenters. The van der Waals surface area contributed by atoms with Crippen LogP contribution in [-0.4, -0.2) is 23.8 Å². The van der Waals surface area contributed by atoms with E-state index in [1.165, 1.54) is 27.6 Å². The van der Waals surface area contributed by atoms with Crippen LogP contribution in [0.2, 0.25) is 0 Å². The van der Waals surface area contributed by atoms with Gasteiger partial charge in [0.05, 0.1) is 33.1 Å². The molecule has 5 aromatic heterocycles. The lowest BCUT2D eigenvalue weighted by molar-refractivity contribution is 0.484. The van der Waals surface area contributed by atoms with Gasteiger partial charge < -0.3 is 4.74 Å². The Bertz CT molecular complexity index is 3240. The van der Waals surface area contributed by atoms with Gasteiger partial charge >= 0.3 is 0 Å². The Morgan fingerprint density at radius 1 is 0.471 bits per heavy atom. The third kappa shape index (κ3) is 4.01. The predicted octanol–water partition coefficient (Wildman–Crippen LogP) is 11.4. The summed E-state index contributed by atoms with van der Waals surface area (Å²) >= 11 is 0. The number of benzene rings is 6. The van der Waals surface area contributed by atoms with E-state index >= 15 is 0 Å². The molecule has 0 N–H and O–H groups in total. The number of ether oxygens (including phenoxy) is 1. The molecule has 0 unspecified atom stereocenters. The van der Waals surface area contributed by atoms with Gasteiger partial charge in [-0.25, -0.2) is 9.97 Å². The first-order valence-electron chi connectivity index (χ1n) is 17.2. The molecule has 0 fully saturated rings.